The number of carbonyl (C=O) groups excluding carboxylic acids is 1. The third-order valence-corrected chi connectivity index (χ3v) is 2.59. The number of carbonyl (C=O) groups is 1. The molecule has 0 fully saturated rings. The van der Waals surface area contributed by atoms with Crippen LogP contribution in [-0.4, -0.2) is 32.7 Å². The van der Waals surface area contributed by atoms with Crippen molar-refractivity contribution in [1.29, 1.82) is 0 Å². The van der Waals surface area contributed by atoms with Gasteiger partial charge in [-0.15, -0.1) is 12.4 Å². The molecule has 6 heteroatoms. The molecular formula is C13H21ClN2O3. The van der Waals surface area contributed by atoms with Crippen LogP contribution in [0.25, 0.3) is 0 Å². The molecule has 0 saturated carbocycles. The van der Waals surface area contributed by atoms with Crippen LogP contribution >= 0.6 is 12.4 Å². The monoisotopic (exact) mass is 288 g/mol. The standard InChI is InChI=1S/C13H20N2O3.ClH/c1-9(14)13(16)15-7-6-10-8-11(17-2)4-5-12(10)18-3;/h4-5,8-9H,6-7,14H2,1-3H3,(H,15,16);1H/t9-;/m1./s1. The summed E-state index contributed by atoms with van der Waals surface area (Å²) in [5.41, 5.74) is 6.45. The maximum Gasteiger partial charge on any atom is 0.236 e. The van der Waals surface area contributed by atoms with Crippen LogP contribution in [0.1, 0.15) is 12.5 Å². The summed E-state index contributed by atoms with van der Waals surface area (Å²) in [6.45, 7) is 2.17. The van der Waals surface area contributed by atoms with Gasteiger partial charge in [0.1, 0.15) is 11.5 Å². The van der Waals surface area contributed by atoms with E-state index in [2.05, 4.69) is 5.32 Å². The Labute approximate surface area is 119 Å². The fourth-order valence-corrected chi connectivity index (χ4v) is 1.56. The number of methoxy groups -OCH3 is 2. The van der Waals surface area contributed by atoms with E-state index < -0.39 is 6.04 Å². The quantitative estimate of drug-likeness (QED) is 0.823. The van der Waals surface area contributed by atoms with E-state index in [1.54, 1.807) is 21.1 Å². The number of hydrogen-bond donors (Lipinski definition) is 2. The molecule has 1 rings (SSSR count). The lowest BCUT2D eigenvalue weighted by molar-refractivity contribution is -0.121. The van der Waals surface area contributed by atoms with Crippen molar-refractivity contribution in [3.05, 3.63) is 23.8 Å². The Morgan fingerprint density at radius 3 is 2.58 bits per heavy atom. The van der Waals surface area contributed by atoms with E-state index in [9.17, 15) is 4.79 Å². The fourth-order valence-electron chi connectivity index (χ4n) is 1.56. The first kappa shape index (κ1) is 17.5. The van der Waals surface area contributed by atoms with Gasteiger partial charge in [-0.1, -0.05) is 0 Å². The minimum absolute atomic E-state index is 0. The van der Waals surface area contributed by atoms with Gasteiger partial charge in [0.05, 0.1) is 20.3 Å². The van der Waals surface area contributed by atoms with Gasteiger partial charge >= 0.3 is 0 Å². The Kier molecular flexibility index (Phi) is 7.95. The van der Waals surface area contributed by atoms with Gasteiger partial charge in [0.2, 0.25) is 5.91 Å². The third-order valence-electron chi connectivity index (χ3n) is 2.59. The SMILES string of the molecule is COc1ccc(OC)c(CCNC(=O)[C@@H](C)N)c1.Cl. The molecule has 3 N–H and O–H groups in total. The van der Waals surface area contributed by atoms with Crippen LogP contribution < -0.4 is 20.5 Å². The number of benzene rings is 1. The zero-order chi connectivity index (χ0) is 13.5. The summed E-state index contributed by atoms with van der Waals surface area (Å²) in [6, 6.07) is 5.10. The first-order valence-corrected chi connectivity index (χ1v) is 5.82. The third kappa shape index (κ3) is 5.36. The number of nitrogens with one attached hydrogen (secondary N) is 1. The molecule has 0 aliphatic carbocycles. The predicted molar refractivity (Wildman–Crippen MR) is 77.2 cm³/mol. The zero-order valence-corrected chi connectivity index (χ0v) is 12.3. The molecule has 0 aliphatic rings. The number of nitrogens with two attached hydrogens (primary N) is 1. The van der Waals surface area contributed by atoms with E-state index in [0.29, 0.717) is 13.0 Å². The summed E-state index contributed by atoms with van der Waals surface area (Å²) in [5.74, 6) is 1.40. The minimum atomic E-state index is -0.489. The molecular weight excluding hydrogens is 268 g/mol. The van der Waals surface area contributed by atoms with Gasteiger partial charge in [-0.3, -0.25) is 4.79 Å². The molecule has 0 aromatic heterocycles. The van der Waals surface area contributed by atoms with E-state index in [4.69, 9.17) is 15.2 Å². The van der Waals surface area contributed by atoms with Crippen LogP contribution in [0.5, 0.6) is 11.5 Å². The Hall–Kier alpha value is -1.46. The smallest absolute Gasteiger partial charge is 0.236 e. The normalized spacial score (nSPS) is 11.2. The Bertz CT molecular complexity index is 411. The van der Waals surface area contributed by atoms with Gasteiger partial charge in [0.15, 0.2) is 0 Å². The van der Waals surface area contributed by atoms with Crippen LogP contribution in [0.3, 0.4) is 0 Å². The average molecular weight is 289 g/mol. The molecule has 0 unspecified atom stereocenters. The summed E-state index contributed by atoms with van der Waals surface area (Å²) < 4.78 is 10.4. The second kappa shape index (κ2) is 8.61. The molecule has 0 heterocycles. The first-order chi connectivity index (χ1) is 8.58. The van der Waals surface area contributed by atoms with Crippen molar-refractivity contribution >= 4 is 18.3 Å². The number of rotatable bonds is 6. The highest BCUT2D eigenvalue weighted by Gasteiger charge is 2.08. The second-order valence-corrected chi connectivity index (χ2v) is 4.01. The molecule has 108 valence electrons. The second-order valence-electron chi connectivity index (χ2n) is 4.01. The highest BCUT2D eigenvalue weighted by atomic mass is 35.5. The highest BCUT2D eigenvalue weighted by Crippen LogP contribution is 2.23. The summed E-state index contributed by atoms with van der Waals surface area (Å²) in [7, 11) is 3.23. The minimum Gasteiger partial charge on any atom is -0.497 e. The summed E-state index contributed by atoms with van der Waals surface area (Å²) >= 11 is 0. The number of halogens is 1. The average Bonchev–Trinajstić information content (AvgIpc) is 2.38. The maximum atomic E-state index is 11.3. The van der Waals surface area contributed by atoms with Gasteiger partial charge in [-0.2, -0.15) is 0 Å². The molecule has 0 spiro atoms. The molecule has 0 radical (unpaired) electrons. The van der Waals surface area contributed by atoms with E-state index in [1.165, 1.54) is 0 Å². The largest absolute Gasteiger partial charge is 0.497 e. The molecule has 5 nitrogen and oxygen atoms in total. The number of ether oxygens (including phenoxy) is 2. The number of hydrogen-bond acceptors (Lipinski definition) is 4. The summed E-state index contributed by atoms with van der Waals surface area (Å²) in [5, 5.41) is 2.76. The van der Waals surface area contributed by atoms with Crippen molar-refractivity contribution in [1.82, 2.24) is 5.32 Å². The molecule has 0 bridgehead atoms. The van der Waals surface area contributed by atoms with E-state index >= 15 is 0 Å². The van der Waals surface area contributed by atoms with Crippen LogP contribution in [0, 0.1) is 0 Å². The van der Waals surface area contributed by atoms with Crippen LogP contribution in [0.2, 0.25) is 0 Å². The van der Waals surface area contributed by atoms with Crippen molar-refractivity contribution in [2.75, 3.05) is 20.8 Å². The molecule has 19 heavy (non-hydrogen) atoms. The van der Waals surface area contributed by atoms with Crippen molar-refractivity contribution in [3.8, 4) is 11.5 Å². The lowest BCUT2D eigenvalue weighted by Gasteiger charge is -2.11. The molecule has 0 aliphatic heterocycles. The van der Waals surface area contributed by atoms with Gasteiger partial charge in [-0.25, -0.2) is 0 Å². The Morgan fingerprint density at radius 2 is 2.05 bits per heavy atom. The lowest BCUT2D eigenvalue weighted by atomic mass is 10.1. The zero-order valence-electron chi connectivity index (χ0n) is 11.4. The summed E-state index contributed by atoms with van der Waals surface area (Å²) in [6.07, 6.45) is 0.666. The predicted octanol–water partition coefficient (Wildman–Crippen LogP) is 1.13. The topological polar surface area (TPSA) is 73.6 Å². The van der Waals surface area contributed by atoms with Crippen molar-refractivity contribution in [3.63, 3.8) is 0 Å². The molecule has 1 aromatic rings. The van der Waals surface area contributed by atoms with Crippen LogP contribution in [0.15, 0.2) is 18.2 Å². The Balaban J connectivity index is 0.00000324. The Morgan fingerprint density at radius 1 is 1.37 bits per heavy atom. The molecule has 1 atom stereocenters. The van der Waals surface area contributed by atoms with Gasteiger partial charge in [0, 0.05) is 6.54 Å². The molecule has 1 amide bonds. The van der Waals surface area contributed by atoms with E-state index in [0.717, 1.165) is 17.1 Å². The highest BCUT2D eigenvalue weighted by molar-refractivity contribution is 5.85. The first-order valence-electron chi connectivity index (χ1n) is 5.82. The van der Waals surface area contributed by atoms with Crippen LogP contribution in [-0.2, 0) is 11.2 Å². The lowest BCUT2D eigenvalue weighted by Crippen LogP contribution is -2.39. The van der Waals surface area contributed by atoms with Crippen molar-refractivity contribution in [2.24, 2.45) is 5.73 Å². The van der Waals surface area contributed by atoms with Crippen LogP contribution in [0.4, 0.5) is 0 Å². The van der Waals surface area contributed by atoms with Gasteiger partial charge in [-0.05, 0) is 37.1 Å². The molecule has 1 aromatic carbocycles. The van der Waals surface area contributed by atoms with Gasteiger partial charge in [0.25, 0.3) is 0 Å². The van der Waals surface area contributed by atoms with E-state index in [-0.39, 0.29) is 18.3 Å². The number of amides is 1. The van der Waals surface area contributed by atoms with Gasteiger partial charge < -0.3 is 20.5 Å². The van der Waals surface area contributed by atoms with Crippen molar-refractivity contribution < 1.29 is 14.3 Å². The molecule has 0 saturated heterocycles. The van der Waals surface area contributed by atoms with Crippen molar-refractivity contribution in [2.45, 2.75) is 19.4 Å². The van der Waals surface area contributed by atoms with E-state index in [1.807, 2.05) is 18.2 Å². The summed E-state index contributed by atoms with van der Waals surface area (Å²) in [4.78, 5) is 11.3. The maximum absolute atomic E-state index is 11.3. The fraction of sp³-hybridized carbons (Fsp3) is 0.462.